The molecule has 0 aliphatic carbocycles. The molecule has 0 radical (unpaired) electrons. The Morgan fingerprint density at radius 2 is 1.97 bits per heavy atom. The standard InChI is InChI=1S/C22H23N5O2/c1-22(2,3)15-7-6-12(21(23)29)9-14(15)18-17-16(26-27-18)11-25-19(17)20(28)13-5-4-8-24-10-13/h4-10,19,25H,11H2,1-3H3,(H2,23,29)(H,26,27). The second-order valence-electron chi connectivity index (χ2n) is 8.26. The molecule has 7 nitrogen and oxygen atoms in total. The Morgan fingerprint density at radius 1 is 1.17 bits per heavy atom. The third kappa shape index (κ3) is 3.34. The topological polar surface area (TPSA) is 114 Å². The van der Waals surface area contributed by atoms with Crippen molar-refractivity contribution in [1.29, 1.82) is 0 Å². The van der Waals surface area contributed by atoms with Crippen molar-refractivity contribution in [1.82, 2.24) is 20.5 Å². The van der Waals surface area contributed by atoms with E-state index in [1.165, 1.54) is 0 Å². The lowest BCUT2D eigenvalue weighted by atomic mass is 9.81. The largest absolute Gasteiger partial charge is 0.366 e. The Hall–Kier alpha value is -3.32. The summed E-state index contributed by atoms with van der Waals surface area (Å²) < 4.78 is 0. The summed E-state index contributed by atoms with van der Waals surface area (Å²) in [5.41, 5.74) is 10.4. The van der Waals surface area contributed by atoms with E-state index in [1.54, 1.807) is 36.7 Å². The van der Waals surface area contributed by atoms with Crippen LogP contribution in [-0.2, 0) is 12.0 Å². The Labute approximate surface area is 168 Å². The van der Waals surface area contributed by atoms with Crippen LogP contribution in [0.15, 0.2) is 42.7 Å². The zero-order valence-electron chi connectivity index (χ0n) is 16.6. The predicted molar refractivity (Wildman–Crippen MR) is 109 cm³/mol. The van der Waals surface area contributed by atoms with E-state index in [0.717, 1.165) is 22.4 Å². The van der Waals surface area contributed by atoms with Gasteiger partial charge in [-0.05, 0) is 35.2 Å². The lowest BCUT2D eigenvalue weighted by Crippen LogP contribution is -2.23. The Bertz CT molecular complexity index is 1100. The van der Waals surface area contributed by atoms with Crippen molar-refractivity contribution in [2.45, 2.75) is 38.8 Å². The number of nitrogens with zero attached hydrogens (tertiary/aromatic N) is 2. The fourth-order valence-corrected chi connectivity index (χ4v) is 3.79. The van der Waals surface area contributed by atoms with Crippen LogP contribution >= 0.6 is 0 Å². The van der Waals surface area contributed by atoms with E-state index in [-0.39, 0.29) is 11.2 Å². The number of hydrogen-bond acceptors (Lipinski definition) is 5. The van der Waals surface area contributed by atoms with Crippen LogP contribution in [0.4, 0.5) is 0 Å². The number of aromatic nitrogens is 3. The van der Waals surface area contributed by atoms with E-state index in [0.29, 0.717) is 23.4 Å². The van der Waals surface area contributed by atoms with Gasteiger partial charge in [0.25, 0.3) is 0 Å². The van der Waals surface area contributed by atoms with Gasteiger partial charge in [-0.15, -0.1) is 0 Å². The molecular formula is C22H23N5O2. The van der Waals surface area contributed by atoms with Gasteiger partial charge in [0.2, 0.25) is 5.91 Å². The number of benzene rings is 1. The van der Waals surface area contributed by atoms with Gasteiger partial charge in [-0.25, -0.2) is 0 Å². The van der Waals surface area contributed by atoms with Crippen LogP contribution in [0.1, 0.15) is 64.3 Å². The summed E-state index contributed by atoms with van der Waals surface area (Å²) >= 11 is 0. The molecule has 7 heteroatoms. The fraction of sp³-hybridized carbons (Fsp3) is 0.273. The van der Waals surface area contributed by atoms with E-state index in [2.05, 4.69) is 41.3 Å². The highest BCUT2D eigenvalue weighted by molar-refractivity contribution is 6.02. The molecule has 1 aliphatic rings. The van der Waals surface area contributed by atoms with Crippen molar-refractivity contribution in [2.24, 2.45) is 5.73 Å². The molecule has 0 bridgehead atoms. The molecule has 0 saturated heterocycles. The molecule has 4 N–H and O–H groups in total. The van der Waals surface area contributed by atoms with Crippen LogP contribution in [0.5, 0.6) is 0 Å². The molecule has 1 atom stereocenters. The quantitative estimate of drug-likeness (QED) is 0.594. The molecule has 4 rings (SSSR count). The summed E-state index contributed by atoms with van der Waals surface area (Å²) in [7, 11) is 0. The first-order valence-electron chi connectivity index (χ1n) is 9.47. The van der Waals surface area contributed by atoms with E-state index < -0.39 is 11.9 Å². The van der Waals surface area contributed by atoms with Gasteiger partial charge in [-0.2, -0.15) is 5.10 Å². The summed E-state index contributed by atoms with van der Waals surface area (Å²) in [6.07, 6.45) is 3.20. The molecule has 29 heavy (non-hydrogen) atoms. The molecule has 2 aromatic heterocycles. The summed E-state index contributed by atoms with van der Waals surface area (Å²) in [4.78, 5) is 29.0. The summed E-state index contributed by atoms with van der Waals surface area (Å²) in [6, 6.07) is 8.37. The normalized spacial score (nSPS) is 15.9. The third-order valence-electron chi connectivity index (χ3n) is 5.23. The summed E-state index contributed by atoms with van der Waals surface area (Å²) in [5.74, 6) is -0.567. The van der Waals surface area contributed by atoms with Crippen LogP contribution < -0.4 is 11.1 Å². The molecule has 3 heterocycles. The maximum atomic E-state index is 13.1. The van der Waals surface area contributed by atoms with Gasteiger partial charge in [0.1, 0.15) is 6.04 Å². The number of carbonyl (C=O) groups excluding carboxylic acids is 2. The van der Waals surface area contributed by atoms with Crippen molar-refractivity contribution in [3.63, 3.8) is 0 Å². The molecule has 1 aliphatic heterocycles. The molecule has 1 unspecified atom stereocenters. The first-order valence-corrected chi connectivity index (χ1v) is 9.47. The highest BCUT2D eigenvalue weighted by Crippen LogP contribution is 2.39. The van der Waals surface area contributed by atoms with E-state index >= 15 is 0 Å². The zero-order chi connectivity index (χ0) is 20.8. The minimum Gasteiger partial charge on any atom is -0.366 e. The van der Waals surface area contributed by atoms with Crippen LogP contribution in [0.3, 0.4) is 0 Å². The smallest absolute Gasteiger partial charge is 0.248 e. The van der Waals surface area contributed by atoms with Gasteiger partial charge >= 0.3 is 0 Å². The average molecular weight is 389 g/mol. The number of hydrogen-bond donors (Lipinski definition) is 3. The van der Waals surface area contributed by atoms with Crippen LogP contribution in [0, 0.1) is 0 Å². The number of H-pyrrole nitrogens is 1. The van der Waals surface area contributed by atoms with Crippen molar-refractivity contribution >= 4 is 11.7 Å². The lowest BCUT2D eigenvalue weighted by molar-refractivity contribution is 0.0946. The molecule has 0 spiro atoms. The summed E-state index contributed by atoms with van der Waals surface area (Å²) in [6.45, 7) is 6.80. The number of fused-ring (bicyclic) bond motifs is 1. The molecule has 1 aromatic carbocycles. The van der Waals surface area contributed by atoms with Crippen molar-refractivity contribution in [3.8, 4) is 11.3 Å². The Kier molecular flexibility index (Phi) is 4.55. The van der Waals surface area contributed by atoms with Gasteiger partial charge in [-0.3, -0.25) is 25.0 Å². The van der Waals surface area contributed by atoms with Crippen LogP contribution in [0.25, 0.3) is 11.3 Å². The number of pyridine rings is 1. The van der Waals surface area contributed by atoms with Gasteiger partial charge in [0, 0.05) is 41.2 Å². The molecule has 0 saturated carbocycles. The Balaban J connectivity index is 1.87. The number of aromatic amines is 1. The average Bonchev–Trinajstić information content (AvgIpc) is 3.29. The van der Waals surface area contributed by atoms with Gasteiger partial charge in [-0.1, -0.05) is 26.8 Å². The minimum atomic E-state index is -0.534. The minimum absolute atomic E-state index is 0.0668. The number of ketones is 1. The SMILES string of the molecule is CC(C)(C)c1ccc(C(N)=O)cc1-c1n[nH]c2c1C(C(=O)c1cccnc1)NC2. The van der Waals surface area contributed by atoms with E-state index in [1.807, 2.05) is 6.07 Å². The van der Waals surface area contributed by atoms with E-state index in [9.17, 15) is 9.59 Å². The highest BCUT2D eigenvalue weighted by Gasteiger charge is 2.35. The first-order chi connectivity index (χ1) is 13.8. The third-order valence-corrected chi connectivity index (χ3v) is 5.23. The number of nitrogens with two attached hydrogens (primary N) is 1. The number of amides is 1. The second-order valence-corrected chi connectivity index (χ2v) is 8.26. The van der Waals surface area contributed by atoms with Gasteiger partial charge < -0.3 is 5.73 Å². The predicted octanol–water partition coefficient (Wildman–Crippen LogP) is 2.90. The maximum Gasteiger partial charge on any atom is 0.248 e. The maximum absolute atomic E-state index is 13.1. The second kappa shape index (κ2) is 6.93. The Morgan fingerprint density at radius 3 is 2.62 bits per heavy atom. The fourth-order valence-electron chi connectivity index (χ4n) is 3.79. The summed E-state index contributed by atoms with van der Waals surface area (Å²) in [5, 5.41) is 10.8. The van der Waals surface area contributed by atoms with E-state index in [4.69, 9.17) is 5.73 Å². The monoisotopic (exact) mass is 389 g/mol. The number of rotatable bonds is 4. The number of carbonyl (C=O) groups is 2. The molecular weight excluding hydrogens is 366 g/mol. The van der Waals surface area contributed by atoms with Crippen molar-refractivity contribution in [2.75, 3.05) is 0 Å². The van der Waals surface area contributed by atoms with Gasteiger partial charge in [0.15, 0.2) is 5.78 Å². The number of nitrogens with one attached hydrogen (secondary N) is 2. The molecule has 1 amide bonds. The van der Waals surface area contributed by atoms with Crippen LogP contribution in [-0.4, -0.2) is 26.9 Å². The zero-order valence-corrected chi connectivity index (χ0v) is 16.6. The highest BCUT2D eigenvalue weighted by atomic mass is 16.1. The molecule has 3 aromatic rings. The molecule has 0 fully saturated rings. The van der Waals surface area contributed by atoms with Crippen molar-refractivity contribution in [3.05, 3.63) is 70.7 Å². The van der Waals surface area contributed by atoms with Crippen LogP contribution in [0.2, 0.25) is 0 Å². The lowest BCUT2D eigenvalue weighted by Gasteiger charge is -2.23. The van der Waals surface area contributed by atoms with Crippen molar-refractivity contribution < 1.29 is 9.59 Å². The number of primary amides is 1. The van der Waals surface area contributed by atoms with Gasteiger partial charge in [0.05, 0.1) is 11.4 Å². The first kappa shape index (κ1) is 19.0. The number of Topliss-reactive ketones (excluding diaryl/α,β-unsaturated/α-hetero) is 1. The molecule has 148 valence electrons.